The molecule has 1 N–H and O–H groups in total. The van der Waals surface area contributed by atoms with Crippen molar-refractivity contribution in [2.24, 2.45) is 5.92 Å². The van der Waals surface area contributed by atoms with Crippen LogP contribution in [0, 0.1) is 12.8 Å². The van der Waals surface area contributed by atoms with Gasteiger partial charge in [0.15, 0.2) is 0 Å². The highest BCUT2D eigenvalue weighted by Gasteiger charge is 2.19. The fraction of sp³-hybridized carbons (Fsp3) is 0.471. The highest BCUT2D eigenvalue weighted by molar-refractivity contribution is 6.00. The van der Waals surface area contributed by atoms with Gasteiger partial charge in [0.2, 0.25) is 0 Å². The molecule has 1 aliphatic heterocycles. The van der Waals surface area contributed by atoms with Crippen molar-refractivity contribution in [1.29, 1.82) is 0 Å². The van der Waals surface area contributed by atoms with E-state index in [9.17, 15) is 0 Å². The third-order valence-corrected chi connectivity index (χ3v) is 4.34. The summed E-state index contributed by atoms with van der Waals surface area (Å²) in [5.41, 5.74) is 2.27. The number of fused-ring (bicyclic) bond motifs is 1. The fourth-order valence-electron chi connectivity index (χ4n) is 3.06. The molecule has 0 atom stereocenters. The molecule has 1 aliphatic rings. The molecule has 2 heterocycles. The molecule has 1 aromatic carbocycles. The molecule has 0 saturated carbocycles. The van der Waals surface area contributed by atoms with Gasteiger partial charge in [0.1, 0.15) is 5.82 Å². The number of rotatable bonds is 2. The Morgan fingerprint density at radius 1 is 1.20 bits per heavy atom. The zero-order valence-electron chi connectivity index (χ0n) is 12.6. The van der Waals surface area contributed by atoms with E-state index in [0.717, 1.165) is 30.5 Å². The first-order valence-corrected chi connectivity index (χ1v) is 7.52. The molecule has 20 heavy (non-hydrogen) atoms. The summed E-state index contributed by atoms with van der Waals surface area (Å²) in [6, 6.07) is 8.61. The van der Waals surface area contributed by atoms with Crippen LogP contribution in [0.15, 0.2) is 24.3 Å². The number of hydrogen-bond acceptors (Lipinski definition) is 3. The Hall–Kier alpha value is -1.77. The van der Waals surface area contributed by atoms with E-state index in [1.54, 1.807) is 0 Å². The second-order valence-corrected chi connectivity index (χ2v) is 5.91. The Kier molecular flexibility index (Phi) is 3.51. The standard InChI is InChI=1S/C17H23N3/c1-12-7-9-20(10-8-12)17-14-5-4-6-16(18-3)15(14)11-13(2)19-17/h4-6,11-12,18H,7-10H2,1-3H3. The molecule has 0 radical (unpaired) electrons. The largest absolute Gasteiger partial charge is 0.388 e. The van der Waals surface area contributed by atoms with E-state index in [2.05, 4.69) is 48.3 Å². The van der Waals surface area contributed by atoms with Gasteiger partial charge in [-0.25, -0.2) is 4.98 Å². The highest BCUT2D eigenvalue weighted by atomic mass is 15.2. The number of nitrogens with zero attached hydrogens (tertiary/aromatic N) is 2. The molecule has 3 heteroatoms. The number of anilines is 2. The summed E-state index contributed by atoms with van der Waals surface area (Å²) >= 11 is 0. The first-order chi connectivity index (χ1) is 9.69. The van der Waals surface area contributed by atoms with E-state index in [-0.39, 0.29) is 0 Å². The molecule has 2 aromatic rings. The maximum absolute atomic E-state index is 4.82. The van der Waals surface area contributed by atoms with Crippen LogP contribution < -0.4 is 10.2 Å². The minimum absolute atomic E-state index is 0.843. The Balaban J connectivity index is 2.10. The number of aromatic nitrogens is 1. The van der Waals surface area contributed by atoms with Crippen LogP contribution in [0.3, 0.4) is 0 Å². The van der Waals surface area contributed by atoms with Crippen LogP contribution in [0.5, 0.6) is 0 Å². The Bertz CT molecular complexity index is 613. The van der Waals surface area contributed by atoms with Gasteiger partial charge in [-0.2, -0.15) is 0 Å². The average molecular weight is 269 g/mol. The van der Waals surface area contributed by atoms with Gasteiger partial charge in [-0.1, -0.05) is 19.1 Å². The van der Waals surface area contributed by atoms with E-state index in [1.165, 1.54) is 29.3 Å². The van der Waals surface area contributed by atoms with Crippen molar-refractivity contribution < 1.29 is 0 Å². The Labute approximate surface area is 121 Å². The van der Waals surface area contributed by atoms with Crippen LogP contribution in [0.2, 0.25) is 0 Å². The third kappa shape index (κ3) is 2.33. The summed E-state index contributed by atoms with van der Waals surface area (Å²) < 4.78 is 0. The maximum atomic E-state index is 4.82. The van der Waals surface area contributed by atoms with Crippen LogP contribution in [0.1, 0.15) is 25.5 Å². The van der Waals surface area contributed by atoms with Crippen LogP contribution in [-0.4, -0.2) is 25.1 Å². The SMILES string of the molecule is CNc1cccc2c(N3CCC(C)CC3)nc(C)cc12. The first kappa shape index (κ1) is 13.2. The molecule has 1 fully saturated rings. The highest BCUT2D eigenvalue weighted by Crippen LogP contribution is 2.32. The number of benzene rings is 1. The van der Waals surface area contributed by atoms with Gasteiger partial charge in [-0.05, 0) is 37.8 Å². The number of aryl methyl sites for hydroxylation is 1. The van der Waals surface area contributed by atoms with Crippen molar-refractivity contribution in [3.05, 3.63) is 30.0 Å². The monoisotopic (exact) mass is 269 g/mol. The molecule has 0 unspecified atom stereocenters. The minimum atomic E-state index is 0.843. The number of nitrogens with one attached hydrogen (secondary N) is 1. The zero-order valence-corrected chi connectivity index (χ0v) is 12.6. The fourth-order valence-corrected chi connectivity index (χ4v) is 3.06. The summed E-state index contributed by atoms with van der Waals surface area (Å²) in [5, 5.41) is 5.82. The second-order valence-electron chi connectivity index (χ2n) is 5.91. The molecule has 0 amide bonds. The van der Waals surface area contributed by atoms with Gasteiger partial charge in [0.25, 0.3) is 0 Å². The normalized spacial score (nSPS) is 16.6. The lowest BCUT2D eigenvalue weighted by Gasteiger charge is -2.32. The first-order valence-electron chi connectivity index (χ1n) is 7.52. The maximum Gasteiger partial charge on any atom is 0.136 e. The van der Waals surface area contributed by atoms with E-state index in [0.29, 0.717) is 0 Å². The molecular formula is C17H23N3. The topological polar surface area (TPSA) is 28.2 Å². The molecule has 0 bridgehead atoms. The van der Waals surface area contributed by atoms with Gasteiger partial charge in [-0.3, -0.25) is 0 Å². The molecule has 0 spiro atoms. The molecule has 1 aromatic heterocycles. The lowest BCUT2D eigenvalue weighted by Crippen LogP contribution is -2.33. The van der Waals surface area contributed by atoms with Crippen LogP contribution >= 0.6 is 0 Å². The van der Waals surface area contributed by atoms with Gasteiger partial charge in [-0.15, -0.1) is 0 Å². The zero-order chi connectivity index (χ0) is 14.1. The number of pyridine rings is 1. The van der Waals surface area contributed by atoms with Crippen LogP contribution in [-0.2, 0) is 0 Å². The summed E-state index contributed by atoms with van der Waals surface area (Å²) in [6.07, 6.45) is 2.53. The van der Waals surface area contributed by atoms with Crippen LogP contribution in [0.25, 0.3) is 10.8 Å². The molecule has 1 saturated heterocycles. The number of hydrogen-bond donors (Lipinski definition) is 1. The summed E-state index contributed by atoms with van der Waals surface area (Å²) in [4.78, 5) is 7.28. The third-order valence-electron chi connectivity index (χ3n) is 4.34. The van der Waals surface area contributed by atoms with Crippen molar-refractivity contribution in [2.45, 2.75) is 26.7 Å². The van der Waals surface area contributed by atoms with Gasteiger partial charge >= 0.3 is 0 Å². The van der Waals surface area contributed by atoms with Gasteiger partial charge in [0, 0.05) is 42.3 Å². The summed E-state index contributed by atoms with van der Waals surface area (Å²) in [6.45, 7) is 6.67. The molecule has 0 aliphatic carbocycles. The Morgan fingerprint density at radius 2 is 1.95 bits per heavy atom. The minimum Gasteiger partial charge on any atom is -0.388 e. The van der Waals surface area contributed by atoms with E-state index in [4.69, 9.17) is 4.98 Å². The van der Waals surface area contributed by atoms with Crippen molar-refractivity contribution in [1.82, 2.24) is 4.98 Å². The second kappa shape index (κ2) is 5.31. The predicted octanol–water partition coefficient (Wildman–Crippen LogP) is 3.82. The van der Waals surface area contributed by atoms with E-state index < -0.39 is 0 Å². The van der Waals surface area contributed by atoms with E-state index >= 15 is 0 Å². The molecular weight excluding hydrogens is 246 g/mol. The van der Waals surface area contributed by atoms with Crippen molar-refractivity contribution >= 4 is 22.3 Å². The molecule has 3 rings (SSSR count). The lowest BCUT2D eigenvalue weighted by atomic mass is 9.98. The van der Waals surface area contributed by atoms with Gasteiger partial charge in [0.05, 0.1) is 0 Å². The number of piperidine rings is 1. The van der Waals surface area contributed by atoms with Crippen molar-refractivity contribution in [2.75, 3.05) is 30.4 Å². The molecule has 106 valence electrons. The summed E-state index contributed by atoms with van der Waals surface area (Å²) in [7, 11) is 1.98. The smallest absolute Gasteiger partial charge is 0.136 e. The predicted molar refractivity (Wildman–Crippen MR) is 86.6 cm³/mol. The van der Waals surface area contributed by atoms with E-state index in [1.807, 2.05) is 7.05 Å². The van der Waals surface area contributed by atoms with Crippen molar-refractivity contribution in [3.63, 3.8) is 0 Å². The quantitative estimate of drug-likeness (QED) is 0.898. The van der Waals surface area contributed by atoms with Crippen LogP contribution in [0.4, 0.5) is 11.5 Å². The molecule has 3 nitrogen and oxygen atoms in total. The average Bonchev–Trinajstić information content (AvgIpc) is 2.46. The Morgan fingerprint density at radius 3 is 2.65 bits per heavy atom. The summed E-state index contributed by atoms with van der Waals surface area (Å²) in [5.74, 6) is 2.00. The van der Waals surface area contributed by atoms with Crippen molar-refractivity contribution in [3.8, 4) is 0 Å². The lowest BCUT2D eigenvalue weighted by molar-refractivity contribution is 0.437. The van der Waals surface area contributed by atoms with Gasteiger partial charge < -0.3 is 10.2 Å².